The van der Waals surface area contributed by atoms with Gasteiger partial charge in [0, 0.05) is 54.0 Å². The normalized spacial score (nSPS) is 21.0. The molecule has 2 fully saturated rings. The molecule has 1 aliphatic heterocycles. The van der Waals surface area contributed by atoms with Gasteiger partial charge in [0.1, 0.15) is 0 Å². The van der Waals surface area contributed by atoms with Gasteiger partial charge in [-0.15, -0.1) is 11.3 Å². The summed E-state index contributed by atoms with van der Waals surface area (Å²) in [7, 11) is 1.91. The maximum atomic E-state index is 12.4. The molecule has 1 aromatic rings. The molecule has 2 heterocycles. The molecule has 0 unspecified atom stereocenters. The van der Waals surface area contributed by atoms with Crippen molar-refractivity contribution in [1.29, 1.82) is 0 Å². The Kier molecular flexibility index (Phi) is 6.13. The lowest BCUT2D eigenvalue weighted by molar-refractivity contribution is -0.132. The van der Waals surface area contributed by atoms with E-state index in [-0.39, 0.29) is 5.91 Å². The molecule has 3 rings (SSSR count). The molecule has 1 saturated carbocycles. The average molecular weight is 400 g/mol. The first kappa shape index (κ1) is 17.4. The second-order valence-electron chi connectivity index (χ2n) is 6.73. The average Bonchev–Trinajstić information content (AvgIpc) is 3.20. The lowest BCUT2D eigenvalue weighted by atomic mass is 10.2. The molecule has 1 amide bonds. The van der Waals surface area contributed by atoms with Crippen molar-refractivity contribution in [3.05, 3.63) is 20.8 Å². The highest BCUT2D eigenvalue weighted by Crippen LogP contribution is 2.24. The Hall–Kier alpha value is -0.430. The van der Waals surface area contributed by atoms with Gasteiger partial charge < -0.3 is 4.90 Å². The van der Waals surface area contributed by atoms with E-state index in [1.807, 2.05) is 11.9 Å². The van der Waals surface area contributed by atoms with E-state index in [9.17, 15) is 4.79 Å². The Bertz CT molecular complexity index is 522. The van der Waals surface area contributed by atoms with Crippen LogP contribution in [-0.4, -0.2) is 66.4 Å². The Morgan fingerprint density at radius 3 is 2.61 bits per heavy atom. The molecule has 1 aliphatic carbocycles. The third-order valence-electron chi connectivity index (χ3n) is 5.05. The van der Waals surface area contributed by atoms with Crippen molar-refractivity contribution in [2.45, 2.75) is 38.3 Å². The van der Waals surface area contributed by atoms with Crippen molar-refractivity contribution in [3.63, 3.8) is 0 Å². The van der Waals surface area contributed by atoms with E-state index in [0.717, 1.165) is 36.7 Å². The van der Waals surface area contributed by atoms with Crippen LogP contribution in [0.15, 0.2) is 15.9 Å². The van der Waals surface area contributed by atoms with E-state index >= 15 is 0 Å². The van der Waals surface area contributed by atoms with Crippen LogP contribution in [0.4, 0.5) is 0 Å². The van der Waals surface area contributed by atoms with Gasteiger partial charge in [0.25, 0.3) is 0 Å². The maximum absolute atomic E-state index is 12.4. The van der Waals surface area contributed by atoms with Crippen molar-refractivity contribution in [2.75, 3.05) is 39.8 Å². The summed E-state index contributed by atoms with van der Waals surface area (Å²) in [5.74, 6) is 0.226. The summed E-state index contributed by atoms with van der Waals surface area (Å²) in [5, 5.41) is 2.07. The number of likely N-dealkylation sites (N-methyl/N-ethyl adjacent to an activating group) is 1. The molecular weight excluding hydrogens is 374 g/mol. The standard InChI is InChI=1S/C17H26BrN3OS/c1-19(11-16-10-14(18)13-23-16)17(22)12-20-6-8-21(9-7-20)15-4-2-3-5-15/h10,13,15H,2-9,11-12H2,1H3. The SMILES string of the molecule is CN(Cc1cc(Br)cs1)C(=O)CN1CCN(C2CCCC2)CC1. The molecule has 6 heteroatoms. The Balaban J connectivity index is 1.41. The fourth-order valence-electron chi connectivity index (χ4n) is 3.63. The third kappa shape index (κ3) is 4.78. The molecule has 0 aromatic carbocycles. The van der Waals surface area contributed by atoms with Crippen LogP contribution >= 0.6 is 27.3 Å². The van der Waals surface area contributed by atoms with E-state index in [1.54, 1.807) is 11.3 Å². The minimum atomic E-state index is 0.226. The fourth-order valence-corrected chi connectivity index (χ4v) is 5.13. The van der Waals surface area contributed by atoms with Gasteiger partial charge in [-0.25, -0.2) is 0 Å². The summed E-state index contributed by atoms with van der Waals surface area (Å²) >= 11 is 5.16. The first-order valence-corrected chi connectivity index (χ1v) is 10.2. The number of piperazine rings is 1. The maximum Gasteiger partial charge on any atom is 0.236 e. The Labute approximate surface area is 151 Å². The van der Waals surface area contributed by atoms with Crippen molar-refractivity contribution >= 4 is 33.2 Å². The Morgan fingerprint density at radius 1 is 1.30 bits per heavy atom. The quantitative estimate of drug-likeness (QED) is 0.760. The summed E-state index contributed by atoms with van der Waals surface area (Å²) in [5.41, 5.74) is 0. The van der Waals surface area contributed by atoms with Crippen molar-refractivity contribution < 1.29 is 4.79 Å². The van der Waals surface area contributed by atoms with Gasteiger partial charge >= 0.3 is 0 Å². The molecule has 0 atom stereocenters. The molecule has 23 heavy (non-hydrogen) atoms. The molecule has 128 valence electrons. The van der Waals surface area contributed by atoms with Gasteiger partial charge in [-0.05, 0) is 34.8 Å². The second-order valence-corrected chi connectivity index (χ2v) is 8.64. The van der Waals surface area contributed by atoms with Gasteiger partial charge in [0.15, 0.2) is 0 Å². The number of rotatable bonds is 5. The number of nitrogens with zero attached hydrogens (tertiary/aromatic N) is 3. The Morgan fingerprint density at radius 2 is 2.00 bits per heavy atom. The van der Waals surface area contributed by atoms with Crippen molar-refractivity contribution in [1.82, 2.24) is 14.7 Å². The number of carbonyl (C=O) groups excluding carboxylic acids is 1. The minimum Gasteiger partial charge on any atom is -0.340 e. The monoisotopic (exact) mass is 399 g/mol. The zero-order valence-electron chi connectivity index (χ0n) is 13.8. The highest BCUT2D eigenvalue weighted by molar-refractivity contribution is 9.10. The van der Waals surface area contributed by atoms with Crippen LogP contribution in [-0.2, 0) is 11.3 Å². The summed E-state index contributed by atoms with van der Waals surface area (Å²) in [6.07, 6.45) is 5.54. The number of amides is 1. The molecule has 1 aromatic heterocycles. The molecule has 0 spiro atoms. The van der Waals surface area contributed by atoms with Crippen LogP contribution in [0.2, 0.25) is 0 Å². The minimum absolute atomic E-state index is 0.226. The predicted octanol–water partition coefficient (Wildman–Crippen LogP) is 3.03. The van der Waals surface area contributed by atoms with Crippen LogP contribution in [0.3, 0.4) is 0 Å². The van der Waals surface area contributed by atoms with Crippen LogP contribution in [0.5, 0.6) is 0 Å². The van der Waals surface area contributed by atoms with E-state index in [1.165, 1.54) is 30.6 Å². The summed E-state index contributed by atoms with van der Waals surface area (Å²) in [6.45, 7) is 5.57. The largest absolute Gasteiger partial charge is 0.340 e. The number of hydrogen-bond acceptors (Lipinski definition) is 4. The van der Waals surface area contributed by atoms with Crippen LogP contribution in [0.25, 0.3) is 0 Å². The highest BCUT2D eigenvalue weighted by atomic mass is 79.9. The van der Waals surface area contributed by atoms with Gasteiger partial charge in [-0.1, -0.05) is 12.8 Å². The van der Waals surface area contributed by atoms with Gasteiger partial charge in [-0.2, -0.15) is 0 Å². The van der Waals surface area contributed by atoms with Gasteiger partial charge in [0.05, 0.1) is 13.1 Å². The zero-order valence-corrected chi connectivity index (χ0v) is 16.2. The predicted molar refractivity (Wildman–Crippen MR) is 98.8 cm³/mol. The molecule has 0 radical (unpaired) electrons. The lowest BCUT2D eigenvalue weighted by Gasteiger charge is -2.38. The molecule has 1 saturated heterocycles. The van der Waals surface area contributed by atoms with Crippen LogP contribution in [0, 0.1) is 0 Å². The molecule has 4 nitrogen and oxygen atoms in total. The van der Waals surface area contributed by atoms with E-state index in [2.05, 4.69) is 37.2 Å². The summed E-state index contributed by atoms with van der Waals surface area (Å²) in [4.78, 5) is 20.4. The first-order chi connectivity index (χ1) is 11.1. The van der Waals surface area contributed by atoms with E-state index < -0.39 is 0 Å². The van der Waals surface area contributed by atoms with Gasteiger partial charge in [0.2, 0.25) is 5.91 Å². The molecule has 0 N–H and O–H groups in total. The number of halogens is 1. The van der Waals surface area contributed by atoms with Gasteiger partial charge in [-0.3, -0.25) is 14.6 Å². The number of hydrogen-bond donors (Lipinski definition) is 0. The van der Waals surface area contributed by atoms with E-state index in [0.29, 0.717) is 13.1 Å². The third-order valence-corrected chi connectivity index (χ3v) is 6.73. The summed E-state index contributed by atoms with van der Waals surface area (Å²) in [6, 6.07) is 2.90. The topological polar surface area (TPSA) is 26.8 Å². The zero-order chi connectivity index (χ0) is 16.2. The second kappa shape index (κ2) is 8.10. The number of carbonyl (C=O) groups is 1. The van der Waals surface area contributed by atoms with E-state index in [4.69, 9.17) is 0 Å². The first-order valence-electron chi connectivity index (χ1n) is 8.55. The smallest absolute Gasteiger partial charge is 0.236 e. The molecule has 0 bridgehead atoms. The fraction of sp³-hybridized carbons (Fsp3) is 0.706. The molecule has 2 aliphatic rings. The number of thiophene rings is 1. The van der Waals surface area contributed by atoms with Crippen LogP contribution < -0.4 is 0 Å². The summed E-state index contributed by atoms with van der Waals surface area (Å²) < 4.78 is 1.10. The highest BCUT2D eigenvalue weighted by Gasteiger charge is 2.27. The van der Waals surface area contributed by atoms with Crippen LogP contribution in [0.1, 0.15) is 30.6 Å². The lowest BCUT2D eigenvalue weighted by Crippen LogP contribution is -2.51. The van der Waals surface area contributed by atoms with Crippen molar-refractivity contribution in [2.24, 2.45) is 0 Å². The van der Waals surface area contributed by atoms with Crippen molar-refractivity contribution in [3.8, 4) is 0 Å². The molecular formula is C17H26BrN3OS.